The van der Waals surface area contributed by atoms with Gasteiger partial charge in [0.05, 0.1) is 10.8 Å². The topological polar surface area (TPSA) is 12.4 Å². The molecule has 2 heteroatoms. The fourth-order valence-corrected chi connectivity index (χ4v) is 4.00. The van der Waals surface area contributed by atoms with Gasteiger partial charge >= 0.3 is 0 Å². The summed E-state index contributed by atoms with van der Waals surface area (Å²) in [6.45, 7) is 8.64. The first-order chi connectivity index (χ1) is 13.0. The smallest absolute Gasteiger partial charge is 0.0798 e. The molecule has 2 aromatic carbocycles. The van der Waals surface area contributed by atoms with Gasteiger partial charge in [-0.15, -0.1) is 0 Å². The number of isothiocyanates is 1. The Hall–Kier alpha value is -2.20. The van der Waals surface area contributed by atoms with Crippen LogP contribution in [0.2, 0.25) is 0 Å². The van der Waals surface area contributed by atoms with Gasteiger partial charge in [0.25, 0.3) is 0 Å². The van der Waals surface area contributed by atoms with Crippen molar-refractivity contribution < 1.29 is 0 Å². The van der Waals surface area contributed by atoms with Crippen LogP contribution < -0.4 is 0 Å². The Morgan fingerprint density at radius 1 is 0.889 bits per heavy atom. The number of nitrogens with zero attached hydrogens (tertiary/aromatic N) is 1. The van der Waals surface area contributed by atoms with E-state index in [2.05, 4.69) is 80.0 Å². The molecular weight excluding hydrogens is 346 g/mol. The van der Waals surface area contributed by atoms with Crippen LogP contribution in [-0.2, 0) is 0 Å². The molecule has 0 spiro atoms. The summed E-state index contributed by atoms with van der Waals surface area (Å²) < 4.78 is 0. The van der Waals surface area contributed by atoms with Crippen molar-refractivity contribution in [3.05, 3.63) is 52.6 Å². The third-order valence-corrected chi connectivity index (χ3v) is 5.73. The predicted octanol–water partition coefficient (Wildman–Crippen LogP) is 7.19. The second-order valence-electron chi connectivity index (χ2n) is 7.92. The van der Waals surface area contributed by atoms with E-state index in [0.717, 1.165) is 28.3 Å². The number of benzene rings is 2. The first kappa shape index (κ1) is 19.6. The zero-order valence-corrected chi connectivity index (χ0v) is 17.5. The first-order valence-electron chi connectivity index (χ1n) is 9.79. The molecule has 1 aliphatic carbocycles. The van der Waals surface area contributed by atoms with E-state index < -0.39 is 0 Å². The van der Waals surface area contributed by atoms with Crippen molar-refractivity contribution in [1.82, 2.24) is 0 Å². The van der Waals surface area contributed by atoms with Gasteiger partial charge in [-0.25, -0.2) is 0 Å². The monoisotopic (exact) mass is 373 g/mol. The number of aryl methyl sites for hydroxylation is 3. The molecule has 1 saturated carbocycles. The molecule has 138 valence electrons. The fourth-order valence-electron chi connectivity index (χ4n) is 3.91. The van der Waals surface area contributed by atoms with Crippen LogP contribution in [0, 0.1) is 44.4 Å². The second kappa shape index (κ2) is 8.66. The molecule has 0 aromatic heterocycles. The zero-order chi connectivity index (χ0) is 19.4. The van der Waals surface area contributed by atoms with Gasteiger partial charge < -0.3 is 0 Å². The van der Waals surface area contributed by atoms with Gasteiger partial charge in [0.1, 0.15) is 0 Å². The average Bonchev–Trinajstić information content (AvgIpc) is 2.65. The minimum absolute atomic E-state index is 0.569. The van der Waals surface area contributed by atoms with Crippen molar-refractivity contribution >= 4 is 23.1 Å². The largest absolute Gasteiger partial charge is 0.194 e. The first-order valence-corrected chi connectivity index (χ1v) is 10.2. The molecular formula is C25H27NS. The molecule has 0 unspecified atom stereocenters. The normalized spacial score (nSPS) is 19.0. The van der Waals surface area contributed by atoms with Crippen LogP contribution in [0.3, 0.4) is 0 Å². The van der Waals surface area contributed by atoms with Crippen LogP contribution in [0.4, 0.5) is 5.69 Å². The third kappa shape index (κ3) is 4.75. The lowest BCUT2D eigenvalue weighted by atomic mass is 9.83. The Kier molecular flexibility index (Phi) is 6.27. The van der Waals surface area contributed by atoms with Crippen molar-refractivity contribution in [3.8, 4) is 23.0 Å². The Labute approximate surface area is 168 Å². The van der Waals surface area contributed by atoms with Crippen LogP contribution in [0.25, 0.3) is 11.1 Å². The van der Waals surface area contributed by atoms with Gasteiger partial charge in [0.2, 0.25) is 0 Å². The summed E-state index contributed by atoms with van der Waals surface area (Å²) >= 11 is 4.76. The lowest BCUT2D eigenvalue weighted by molar-refractivity contribution is 0.337. The number of hydrogen-bond donors (Lipinski definition) is 0. The van der Waals surface area contributed by atoms with Gasteiger partial charge in [0, 0.05) is 11.5 Å². The van der Waals surface area contributed by atoms with E-state index in [0.29, 0.717) is 5.92 Å². The summed E-state index contributed by atoms with van der Waals surface area (Å²) in [5.74, 6) is 8.40. The minimum Gasteiger partial charge on any atom is -0.194 e. The second-order valence-corrected chi connectivity index (χ2v) is 8.10. The van der Waals surface area contributed by atoms with E-state index in [1.165, 1.54) is 42.4 Å². The highest BCUT2D eigenvalue weighted by Gasteiger charge is 2.16. The molecule has 2 aromatic rings. The van der Waals surface area contributed by atoms with Crippen molar-refractivity contribution in [3.63, 3.8) is 0 Å². The van der Waals surface area contributed by atoms with Gasteiger partial charge in [-0.1, -0.05) is 30.9 Å². The van der Waals surface area contributed by atoms with E-state index in [1.54, 1.807) is 0 Å². The van der Waals surface area contributed by atoms with Crippen LogP contribution in [-0.4, -0.2) is 5.16 Å². The standard InChI is InChI=1S/C25H27NS/c1-17-5-7-21(8-6-17)9-10-22-11-12-23(13-18(22)2)24-14-19(3)25(26-16-27)20(4)15-24/h11-15,17,21H,5-8H2,1-4H3. The van der Waals surface area contributed by atoms with Crippen LogP contribution in [0.15, 0.2) is 35.3 Å². The highest BCUT2D eigenvalue weighted by molar-refractivity contribution is 7.78. The molecule has 1 fully saturated rings. The summed E-state index contributed by atoms with van der Waals surface area (Å²) in [5, 5.41) is 2.48. The molecule has 0 radical (unpaired) electrons. The maximum atomic E-state index is 4.76. The molecule has 3 rings (SSSR count). The molecule has 0 amide bonds. The Morgan fingerprint density at radius 2 is 1.52 bits per heavy atom. The van der Waals surface area contributed by atoms with E-state index in [-0.39, 0.29) is 0 Å². The summed E-state index contributed by atoms with van der Waals surface area (Å²) in [6.07, 6.45) is 5.14. The van der Waals surface area contributed by atoms with E-state index >= 15 is 0 Å². The van der Waals surface area contributed by atoms with Gasteiger partial charge in [-0.05, 0) is 111 Å². The van der Waals surface area contributed by atoms with Crippen LogP contribution in [0.5, 0.6) is 0 Å². The van der Waals surface area contributed by atoms with Crippen molar-refractivity contribution in [2.45, 2.75) is 53.4 Å². The van der Waals surface area contributed by atoms with Crippen LogP contribution in [0.1, 0.15) is 54.9 Å². The maximum Gasteiger partial charge on any atom is 0.0798 e. The Morgan fingerprint density at radius 3 is 2.11 bits per heavy atom. The Balaban J connectivity index is 1.84. The number of thiocarbonyl (C=S) groups is 1. The summed E-state index contributed by atoms with van der Waals surface area (Å²) in [5.41, 5.74) is 7.97. The van der Waals surface area contributed by atoms with Crippen molar-refractivity contribution in [2.75, 3.05) is 0 Å². The van der Waals surface area contributed by atoms with E-state index in [1.807, 2.05) is 0 Å². The molecule has 0 heterocycles. The molecule has 0 N–H and O–H groups in total. The number of rotatable bonds is 2. The van der Waals surface area contributed by atoms with Gasteiger partial charge in [-0.3, -0.25) is 0 Å². The number of hydrogen-bond acceptors (Lipinski definition) is 2. The lowest BCUT2D eigenvalue weighted by Crippen LogP contribution is -2.10. The molecule has 0 saturated heterocycles. The third-order valence-electron chi connectivity index (χ3n) is 5.64. The number of aliphatic imine (C=N–C) groups is 1. The molecule has 27 heavy (non-hydrogen) atoms. The van der Waals surface area contributed by atoms with E-state index in [9.17, 15) is 0 Å². The fraction of sp³-hybridized carbons (Fsp3) is 0.400. The minimum atomic E-state index is 0.569. The lowest BCUT2D eigenvalue weighted by Gasteiger charge is -2.22. The van der Waals surface area contributed by atoms with Gasteiger partial charge in [-0.2, -0.15) is 4.99 Å². The van der Waals surface area contributed by atoms with Gasteiger partial charge in [0.15, 0.2) is 0 Å². The highest BCUT2D eigenvalue weighted by Crippen LogP contribution is 2.31. The predicted molar refractivity (Wildman–Crippen MR) is 119 cm³/mol. The average molecular weight is 374 g/mol. The van der Waals surface area contributed by atoms with Crippen molar-refractivity contribution in [2.24, 2.45) is 16.8 Å². The molecule has 1 nitrogen and oxygen atoms in total. The summed E-state index contributed by atoms with van der Waals surface area (Å²) in [6, 6.07) is 10.9. The molecule has 1 aliphatic rings. The summed E-state index contributed by atoms with van der Waals surface area (Å²) in [4.78, 5) is 4.19. The maximum absolute atomic E-state index is 4.76. The molecule has 0 bridgehead atoms. The molecule has 0 atom stereocenters. The van der Waals surface area contributed by atoms with E-state index in [4.69, 9.17) is 12.2 Å². The SMILES string of the molecule is Cc1cc(-c2cc(C)c(N=C=S)c(C)c2)ccc1C#CC1CCC(C)CC1. The quantitative estimate of drug-likeness (QED) is 0.308. The van der Waals surface area contributed by atoms with Crippen molar-refractivity contribution in [1.29, 1.82) is 0 Å². The summed E-state index contributed by atoms with van der Waals surface area (Å²) in [7, 11) is 0. The Bertz CT molecular complexity index is 923. The highest BCUT2D eigenvalue weighted by atomic mass is 32.1. The zero-order valence-electron chi connectivity index (χ0n) is 16.7. The molecule has 0 aliphatic heterocycles. The van der Waals surface area contributed by atoms with Crippen LogP contribution >= 0.6 is 12.2 Å².